The summed E-state index contributed by atoms with van der Waals surface area (Å²) in [5.41, 5.74) is 5.85. The van der Waals surface area contributed by atoms with Gasteiger partial charge < -0.3 is 10.5 Å². The number of aromatic nitrogens is 3. The lowest BCUT2D eigenvalue weighted by atomic mass is 9.97. The van der Waals surface area contributed by atoms with Gasteiger partial charge in [-0.2, -0.15) is 5.10 Å². The maximum absolute atomic E-state index is 6.03. The van der Waals surface area contributed by atoms with Gasteiger partial charge in [-0.05, 0) is 20.3 Å². The number of nitrogens with zero attached hydrogens (tertiary/aromatic N) is 3. The largest absolute Gasteiger partial charge is 0.379 e. The Morgan fingerprint density at radius 2 is 2.27 bits per heavy atom. The van der Waals surface area contributed by atoms with E-state index in [-0.39, 0.29) is 11.6 Å². The Hall–Kier alpha value is -0.940. The number of nitrogens with two attached hydrogens (primary N) is 1. The fraction of sp³-hybridized carbons (Fsp3) is 0.800. The van der Waals surface area contributed by atoms with Crippen LogP contribution in [0.25, 0.3) is 0 Å². The van der Waals surface area contributed by atoms with E-state index in [1.165, 1.54) is 0 Å². The minimum atomic E-state index is -0.183. The fourth-order valence-corrected chi connectivity index (χ4v) is 1.53. The lowest BCUT2D eigenvalue weighted by molar-refractivity contribution is 0.0100. The molecule has 0 bridgehead atoms. The van der Waals surface area contributed by atoms with Gasteiger partial charge in [-0.3, -0.25) is 4.68 Å². The molecule has 1 aromatic rings. The molecule has 0 fully saturated rings. The summed E-state index contributed by atoms with van der Waals surface area (Å²) in [4.78, 5) is 4.14. The molecule has 0 saturated carbocycles. The third kappa shape index (κ3) is 3.60. The van der Waals surface area contributed by atoms with Crippen LogP contribution in [0, 0.1) is 0 Å². The van der Waals surface area contributed by atoms with E-state index >= 15 is 0 Å². The molecule has 0 aliphatic carbocycles. The van der Waals surface area contributed by atoms with Gasteiger partial charge in [0.2, 0.25) is 0 Å². The maximum atomic E-state index is 6.03. The Kier molecular flexibility index (Phi) is 3.82. The zero-order valence-corrected chi connectivity index (χ0v) is 9.90. The fourth-order valence-electron chi connectivity index (χ4n) is 1.53. The summed E-state index contributed by atoms with van der Waals surface area (Å²) in [6.45, 7) is 4.06. The lowest BCUT2D eigenvalue weighted by Gasteiger charge is -2.26. The first-order valence-electron chi connectivity index (χ1n) is 5.08. The van der Waals surface area contributed by atoms with Gasteiger partial charge in [0, 0.05) is 26.6 Å². The molecule has 0 radical (unpaired) electrons. The summed E-state index contributed by atoms with van der Waals surface area (Å²) in [6, 6.07) is 0.0443. The van der Waals surface area contributed by atoms with Crippen molar-refractivity contribution in [3.63, 3.8) is 0 Å². The first kappa shape index (κ1) is 12.1. The Labute approximate surface area is 90.6 Å². The predicted octanol–water partition coefficient (Wildman–Crippen LogP) is 0.500. The summed E-state index contributed by atoms with van der Waals surface area (Å²) in [6.07, 6.45) is 3.07. The summed E-state index contributed by atoms with van der Waals surface area (Å²) in [7, 11) is 3.57. The molecule has 0 saturated heterocycles. The molecule has 5 heteroatoms. The third-order valence-electron chi connectivity index (χ3n) is 2.56. The van der Waals surface area contributed by atoms with Crippen molar-refractivity contribution in [2.75, 3.05) is 7.11 Å². The van der Waals surface area contributed by atoms with Crippen molar-refractivity contribution in [3.05, 3.63) is 12.2 Å². The van der Waals surface area contributed by atoms with Gasteiger partial charge in [0.25, 0.3) is 0 Å². The second-order valence-electron chi connectivity index (χ2n) is 4.43. The van der Waals surface area contributed by atoms with Gasteiger partial charge in [-0.25, -0.2) is 4.98 Å². The van der Waals surface area contributed by atoms with Crippen LogP contribution in [-0.2, 0) is 18.2 Å². The maximum Gasteiger partial charge on any atom is 0.138 e. The van der Waals surface area contributed by atoms with E-state index in [4.69, 9.17) is 10.5 Å². The van der Waals surface area contributed by atoms with Crippen molar-refractivity contribution in [2.45, 2.75) is 38.3 Å². The van der Waals surface area contributed by atoms with Crippen molar-refractivity contribution in [3.8, 4) is 0 Å². The van der Waals surface area contributed by atoms with Gasteiger partial charge in [0.15, 0.2) is 0 Å². The van der Waals surface area contributed by atoms with Crippen LogP contribution >= 0.6 is 0 Å². The van der Waals surface area contributed by atoms with Crippen LogP contribution in [-0.4, -0.2) is 33.5 Å². The second kappa shape index (κ2) is 4.72. The number of rotatable bonds is 5. The van der Waals surface area contributed by atoms with E-state index in [0.29, 0.717) is 0 Å². The Balaban J connectivity index is 2.50. The Bertz CT molecular complexity index is 308. The average Bonchev–Trinajstić information content (AvgIpc) is 2.51. The molecule has 2 N–H and O–H groups in total. The molecule has 15 heavy (non-hydrogen) atoms. The number of ether oxygens (including phenoxy) is 1. The molecular weight excluding hydrogens is 192 g/mol. The highest BCUT2D eigenvalue weighted by Gasteiger charge is 2.21. The molecule has 5 nitrogen and oxygen atoms in total. The standard InChI is InChI=1S/C10H20N4O/c1-10(2,15-4)6-8(11)5-9-12-7-13-14(9)3/h7-8H,5-6,11H2,1-4H3. The van der Waals surface area contributed by atoms with E-state index in [9.17, 15) is 0 Å². The molecule has 86 valence electrons. The first-order valence-corrected chi connectivity index (χ1v) is 5.08. The summed E-state index contributed by atoms with van der Waals surface area (Å²) < 4.78 is 7.08. The molecule has 0 aliphatic rings. The van der Waals surface area contributed by atoms with E-state index in [1.54, 1.807) is 18.1 Å². The van der Waals surface area contributed by atoms with Crippen LogP contribution < -0.4 is 5.73 Å². The highest BCUT2D eigenvalue weighted by molar-refractivity contribution is 4.90. The van der Waals surface area contributed by atoms with Crippen molar-refractivity contribution in [1.29, 1.82) is 0 Å². The second-order valence-corrected chi connectivity index (χ2v) is 4.43. The van der Waals surface area contributed by atoms with Crippen molar-refractivity contribution in [2.24, 2.45) is 12.8 Å². The molecule has 1 aromatic heterocycles. The third-order valence-corrected chi connectivity index (χ3v) is 2.56. The summed E-state index contributed by atoms with van der Waals surface area (Å²) in [5.74, 6) is 0.911. The van der Waals surface area contributed by atoms with Gasteiger partial charge >= 0.3 is 0 Å². The number of hydrogen-bond acceptors (Lipinski definition) is 4. The van der Waals surface area contributed by atoms with Gasteiger partial charge in [0.05, 0.1) is 5.60 Å². The Morgan fingerprint density at radius 1 is 1.60 bits per heavy atom. The zero-order chi connectivity index (χ0) is 11.5. The van der Waals surface area contributed by atoms with Gasteiger partial charge in [-0.15, -0.1) is 0 Å². The molecule has 1 atom stereocenters. The van der Waals surface area contributed by atoms with Crippen molar-refractivity contribution >= 4 is 0 Å². The molecule has 1 heterocycles. The van der Waals surface area contributed by atoms with Gasteiger partial charge in [0.1, 0.15) is 12.2 Å². The summed E-state index contributed by atoms with van der Waals surface area (Å²) >= 11 is 0. The number of hydrogen-bond donors (Lipinski definition) is 1. The minimum absolute atomic E-state index is 0.0443. The highest BCUT2D eigenvalue weighted by Crippen LogP contribution is 2.16. The SMILES string of the molecule is COC(C)(C)CC(N)Cc1ncnn1C. The first-order chi connectivity index (χ1) is 6.94. The number of aryl methyl sites for hydroxylation is 1. The van der Waals surface area contributed by atoms with Crippen LogP contribution in [0.15, 0.2) is 6.33 Å². The van der Waals surface area contributed by atoms with Crippen molar-refractivity contribution in [1.82, 2.24) is 14.8 Å². The van der Waals surface area contributed by atoms with Crippen LogP contribution in [0.2, 0.25) is 0 Å². The number of methoxy groups -OCH3 is 1. The van der Waals surface area contributed by atoms with E-state index < -0.39 is 0 Å². The topological polar surface area (TPSA) is 66.0 Å². The molecule has 1 unspecified atom stereocenters. The minimum Gasteiger partial charge on any atom is -0.379 e. The lowest BCUT2D eigenvalue weighted by Crippen LogP contribution is -2.35. The monoisotopic (exact) mass is 212 g/mol. The molecule has 0 spiro atoms. The molecule has 1 rings (SSSR count). The molecule has 0 aliphatic heterocycles. The quantitative estimate of drug-likeness (QED) is 0.772. The highest BCUT2D eigenvalue weighted by atomic mass is 16.5. The molecule has 0 aromatic carbocycles. The molecular formula is C10H20N4O. The molecule has 0 amide bonds. The van der Waals surface area contributed by atoms with Crippen LogP contribution in [0.3, 0.4) is 0 Å². The predicted molar refractivity (Wildman–Crippen MR) is 58.4 cm³/mol. The summed E-state index contributed by atoms with van der Waals surface area (Å²) in [5, 5.41) is 4.01. The van der Waals surface area contributed by atoms with E-state index in [2.05, 4.69) is 10.1 Å². The van der Waals surface area contributed by atoms with Crippen LogP contribution in [0.5, 0.6) is 0 Å². The van der Waals surface area contributed by atoms with E-state index in [1.807, 2.05) is 20.9 Å². The van der Waals surface area contributed by atoms with Crippen LogP contribution in [0.1, 0.15) is 26.1 Å². The average molecular weight is 212 g/mol. The normalized spacial score (nSPS) is 14.2. The van der Waals surface area contributed by atoms with E-state index in [0.717, 1.165) is 18.7 Å². The van der Waals surface area contributed by atoms with Crippen molar-refractivity contribution < 1.29 is 4.74 Å². The zero-order valence-electron chi connectivity index (χ0n) is 9.90. The Morgan fingerprint density at radius 3 is 2.73 bits per heavy atom. The smallest absolute Gasteiger partial charge is 0.138 e. The van der Waals surface area contributed by atoms with Crippen LogP contribution in [0.4, 0.5) is 0 Å². The van der Waals surface area contributed by atoms with Gasteiger partial charge in [-0.1, -0.05) is 0 Å².